The minimum absolute atomic E-state index is 0.0330. The van der Waals surface area contributed by atoms with Crippen LogP contribution in [0.3, 0.4) is 0 Å². The van der Waals surface area contributed by atoms with Crippen LogP contribution in [0.15, 0.2) is 64.9 Å². The highest BCUT2D eigenvalue weighted by molar-refractivity contribution is 8.26. The molecule has 1 fully saturated rings. The van der Waals surface area contributed by atoms with Gasteiger partial charge in [-0.1, -0.05) is 47.7 Å². The maximum atomic E-state index is 12.6. The highest BCUT2D eigenvalue weighted by Crippen LogP contribution is 2.35. The first-order valence-corrected chi connectivity index (χ1v) is 12.1. The van der Waals surface area contributed by atoms with Gasteiger partial charge in [-0.05, 0) is 55.0 Å². The zero-order chi connectivity index (χ0) is 22.6. The molecule has 3 rings (SSSR count). The normalized spacial score (nSPS) is 15.4. The largest absolute Gasteiger partial charge is 0.490 e. The molecule has 0 spiro atoms. The Labute approximate surface area is 195 Å². The van der Waals surface area contributed by atoms with Crippen molar-refractivity contribution in [2.75, 3.05) is 13.2 Å². The second-order valence-electron chi connectivity index (χ2n) is 6.21. The van der Waals surface area contributed by atoms with Crippen LogP contribution < -0.4 is 8.92 Å². The van der Waals surface area contributed by atoms with E-state index in [0.29, 0.717) is 33.0 Å². The van der Waals surface area contributed by atoms with E-state index in [-0.39, 0.29) is 22.3 Å². The first-order valence-electron chi connectivity index (χ1n) is 9.08. The van der Waals surface area contributed by atoms with Crippen LogP contribution in [0.1, 0.15) is 12.5 Å². The molecule has 6 nitrogen and oxygen atoms in total. The summed E-state index contributed by atoms with van der Waals surface area (Å²) in [5.41, 5.74) is 0.638. The summed E-state index contributed by atoms with van der Waals surface area (Å²) in [6.07, 6.45) is 3.27. The smallest absolute Gasteiger partial charge is 0.339 e. The lowest BCUT2D eigenvalue weighted by Crippen LogP contribution is -2.27. The second kappa shape index (κ2) is 9.86. The molecule has 0 aromatic heterocycles. The van der Waals surface area contributed by atoms with Crippen molar-refractivity contribution in [3.63, 3.8) is 0 Å². The topological polar surface area (TPSA) is 72.9 Å². The van der Waals surface area contributed by atoms with Gasteiger partial charge in [-0.25, -0.2) is 0 Å². The third-order valence-electron chi connectivity index (χ3n) is 4.05. The molecule has 0 atom stereocenters. The van der Waals surface area contributed by atoms with E-state index in [2.05, 4.69) is 6.58 Å². The lowest BCUT2D eigenvalue weighted by atomic mass is 10.2. The zero-order valence-corrected chi connectivity index (χ0v) is 19.6. The van der Waals surface area contributed by atoms with Crippen molar-refractivity contribution in [3.05, 3.63) is 70.6 Å². The van der Waals surface area contributed by atoms with E-state index in [1.807, 2.05) is 0 Å². The van der Waals surface area contributed by atoms with Crippen molar-refractivity contribution < 1.29 is 22.1 Å². The highest BCUT2D eigenvalue weighted by Gasteiger charge is 2.31. The van der Waals surface area contributed by atoms with Crippen LogP contribution in [0.4, 0.5) is 0 Å². The van der Waals surface area contributed by atoms with Crippen LogP contribution in [-0.4, -0.2) is 36.7 Å². The van der Waals surface area contributed by atoms with Gasteiger partial charge in [0.1, 0.15) is 9.22 Å². The summed E-state index contributed by atoms with van der Waals surface area (Å²) >= 11 is 12.2. The monoisotopic (exact) mass is 495 g/mol. The molecule has 0 bridgehead atoms. The van der Waals surface area contributed by atoms with Gasteiger partial charge in [0.05, 0.1) is 11.5 Å². The molecule has 1 aliphatic heterocycles. The predicted octanol–water partition coefficient (Wildman–Crippen LogP) is 4.89. The summed E-state index contributed by atoms with van der Waals surface area (Å²) in [5.74, 6) is 0.0574. The number of ether oxygens (including phenoxy) is 1. The minimum atomic E-state index is -4.08. The molecule has 10 heteroatoms. The van der Waals surface area contributed by atoms with Gasteiger partial charge in [0.25, 0.3) is 5.91 Å². The van der Waals surface area contributed by atoms with E-state index in [9.17, 15) is 13.2 Å². The van der Waals surface area contributed by atoms with Crippen LogP contribution in [0.2, 0.25) is 5.02 Å². The van der Waals surface area contributed by atoms with Crippen LogP contribution >= 0.6 is 35.6 Å². The molecule has 0 unspecified atom stereocenters. The number of carbonyl (C=O) groups excluding carboxylic acids is 1. The molecule has 31 heavy (non-hydrogen) atoms. The van der Waals surface area contributed by atoms with Gasteiger partial charge in [-0.3, -0.25) is 9.69 Å². The van der Waals surface area contributed by atoms with E-state index >= 15 is 0 Å². The van der Waals surface area contributed by atoms with Crippen LogP contribution in [-0.2, 0) is 14.9 Å². The molecule has 1 aliphatic rings. The van der Waals surface area contributed by atoms with Crippen molar-refractivity contribution >= 4 is 62.0 Å². The molecule has 1 amide bonds. The van der Waals surface area contributed by atoms with Gasteiger partial charge in [-0.15, -0.1) is 6.58 Å². The first-order chi connectivity index (χ1) is 14.7. The number of benzene rings is 2. The van der Waals surface area contributed by atoms with Crippen molar-refractivity contribution in [2.45, 2.75) is 11.8 Å². The minimum Gasteiger partial charge on any atom is -0.490 e. The fourth-order valence-corrected chi connectivity index (χ4v) is 5.00. The van der Waals surface area contributed by atoms with Crippen LogP contribution in [0, 0.1) is 0 Å². The van der Waals surface area contributed by atoms with Crippen LogP contribution in [0.25, 0.3) is 6.08 Å². The van der Waals surface area contributed by atoms with Gasteiger partial charge < -0.3 is 8.92 Å². The molecule has 2 aromatic carbocycles. The fraction of sp³-hybridized carbons (Fsp3) is 0.143. The number of rotatable bonds is 8. The molecular weight excluding hydrogens is 478 g/mol. The van der Waals surface area contributed by atoms with Gasteiger partial charge in [0, 0.05) is 11.6 Å². The highest BCUT2D eigenvalue weighted by atomic mass is 35.5. The van der Waals surface area contributed by atoms with E-state index in [1.54, 1.807) is 31.2 Å². The standard InChI is InChI=1S/C21H18ClNO5S3/c1-3-11-23-20(24)19(30-21(23)29)13-14-5-10-17(18(12-14)27-4-2)28-31(25,26)16-8-6-15(22)7-9-16/h3,5-10,12-13H,1,4,11H2,2H3. The number of amides is 1. The number of halogens is 1. The molecule has 0 N–H and O–H groups in total. The van der Waals surface area contributed by atoms with Gasteiger partial charge >= 0.3 is 10.1 Å². The van der Waals surface area contributed by atoms with E-state index in [4.69, 9.17) is 32.7 Å². The third-order valence-corrected chi connectivity index (χ3v) is 6.93. The molecular formula is C21H18ClNO5S3. The summed E-state index contributed by atoms with van der Waals surface area (Å²) in [6.45, 7) is 6.03. The molecule has 1 heterocycles. The van der Waals surface area contributed by atoms with Crippen molar-refractivity contribution in [3.8, 4) is 11.5 Å². The Hall–Kier alpha value is -2.33. The van der Waals surface area contributed by atoms with Gasteiger partial charge in [-0.2, -0.15) is 8.42 Å². The Bertz CT molecular complexity index is 1160. The van der Waals surface area contributed by atoms with Gasteiger partial charge in [0.2, 0.25) is 0 Å². The average molecular weight is 496 g/mol. The van der Waals surface area contributed by atoms with Crippen molar-refractivity contribution in [2.24, 2.45) is 0 Å². The van der Waals surface area contributed by atoms with Gasteiger partial charge in [0.15, 0.2) is 11.5 Å². The predicted molar refractivity (Wildman–Crippen MR) is 127 cm³/mol. The first kappa shape index (κ1) is 23.3. The molecule has 0 saturated carbocycles. The number of carbonyl (C=O) groups is 1. The zero-order valence-electron chi connectivity index (χ0n) is 16.4. The summed E-state index contributed by atoms with van der Waals surface area (Å²) in [5, 5.41) is 0.414. The summed E-state index contributed by atoms with van der Waals surface area (Å²) in [7, 11) is -4.08. The number of hydrogen-bond donors (Lipinski definition) is 0. The Morgan fingerprint density at radius 2 is 1.90 bits per heavy atom. The maximum absolute atomic E-state index is 12.6. The number of nitrogens with zero attached hydrogens (tertiary/aromatic N) is 1. The molecule has 0 aliphatic carbocycles. The number of hydrogen-bond acceptors (Lipinski definition) is 7. The molecule has 2 aromatic rings. The molecule has 162 valence electrons. The lowest BCUT2D eigenvalue weighted by Gasteiger charge is -2.13. The fourth-order valence-electron chi connectivity index (χ4n) is 2.66. The second-order valence-corrected chi connectivity index (χ2v) is 9.87. The average Bonchev–Trinajstić information content (AvgIpc) is 2.98. The Balaban J connectivity index is 1.90. The molecule has 0 radical (unpaired) electrons. The molecule has 1 saturated heterocycles. The Morgan fingerprint density at radius 1 is 1.19 bits per heavy atom. The van der Waals surface area contributed by atoms with Crippen LogP contribution in [0.5, 0.6) is 11.5 Å². The van der Waals surface area contributed by atoms with Crippen molar-refractivity contribution in [1.29, 1.82) is 0 Å². The number of thioether (sulfide) groups is 1. The quantitative estimate of drug-likeness (QED) is 0.223. The third kappa shape index (κ3) is 5.48. The number of thiocarbonyl (C=S) groups is 1. The summed E-state index contributed by atoms with van der Waals surface area (Å²) in [6, 6.07) is 10.4. The Kier molecular flexibility index (Phi) is 7.42. The summed E-state index contributed by atoms with van der Waals surface area (Å²) < 4.78 is 36.5. The van der Waals surface area contributed by atoms with E-state index in [0.717, 1.165) is 0 Å². The Morgan fingerprint density at radius 3 is 2.55 bits per heavy atom. The van der Waals surface area contributed by atoms with E-state index < -0.39 is 10.1 Å². The lowest BCUT2D eigenvalue weighted by molar-refractivity contribution is -0.121. The SMILES string of the molecule is C=CCN1C(=O)C(=Cc2ccc(OS(=O)(=O)c3ccc(Cl)cc3)c(OCC)c2)SC1=S. The van der Waals surface area contributed by atoms with Crippen molar-refractivity contribution in [1.82, 2.24) is 4.90 Å². The van der Waals surface area contributed by atoms with E-state index in [1.165, 1.54) is 47.0 Å². The maximum Gasteiger partial charge on any atom is 0.339 e. The summed E-state index contributed by atoms with van der Waals surface area (Å²) in [4.78, 5) is 14.4.